The molecule has 0 saturated carbocycles. The smallest absolute Gasteiger partial charge is 0.143 e. The zero-order valence-corrected chi connectivity index (χ0v) is 11.4. The van der Waals surface area contributed by atoms with Crippen LogP contribution >= 0.6 is 11.6 Å². The van der Waals surface area contributed by atoms with Gasteiger partial charge in [-0.1, -0.05) is 17.7 Å². The molecule has 2 rings (SSSR count). The second-order valence-electron chi connectivity index (χ2n) is 3.89. The number of nitrogens with zero attached hydrogens (tertiary/aromatic N) is 3. The van der Waals surface area contributed by atoms with Gasteiger partial charge in [-0.2, -0.15) is 0 Å². The van der Waals surface area contributed by atoms with Crippen LogP contribution in [-0.2, 0) is 6.61 Å². The highest BCUT2D eigenvalue weighted by atomic mass is 35.5. The van der Waals surface area contributed by atoms with Crippen LogP contribution < -0.4 is 9.64 Å². The van der Waals surface area contributed by atoms with Gasteiger partial charge in [0.1, 0.15) is 23.0 Å². The summed E-state index contributed by atoms with van der Waals surface area (Å²) < 4.78 is 5.19. The third kappa shape index (κ3) is 2.77. The molecule has 0 aliphatic carbocycles. The predicted octanol–water partition coefficient (Wildman–Crippen LogP) is 2.40. The number of anilines is 2. The van der Waals surface area contributed by atoms with Crippen molar-refractivity contribution in [1.82, 2.24) is 9.97 Å². The molecule has 0 aliphatic heterocycles. The molecular weight excluding hydrogens is 266 g/mol. The van der Waals surface area contributed by atoms with E-state index in [9.17, 15) is 5.11 Å². The summed E-state index contributed by atoms with van der Waals surface area (Å²) in [5.74, 6) is 1.31. The van der Waals surface area contributed by atoms with Crippen LogP contribution in [0.1, 0.15) is 5.56 Å². The molecule has 1 aromatic carbocycles. The third-order valence-corrected chi connectivity index (χ3v) is 3.11. The SMILES string of the molecule is COc1cccc(N(C)c2ncnc(Cl)c2CO)c1. The van der Waals surface area contributed by atoms with Crippen LogP contribution in [0.15, 0.2) is 30.6 Å². The maximum Gasteiger partial charge on any atom is 0.143 e. The molecule has 0 saturated heterocycles. The second kappa shape index (κ2) is 5.86. The minimum absolute atomic E-state index is 0.219. The van der Waals surface area contributed by atoms with E-state index in [4.69, 9.17) is 16.3 Å². The summed E-state index contributed by atoms with van der Waals surface area (Å²) in [5.41, 5.74) is 1.37. The summed E-state index contributed by atoms with van der Waals surface area (Å²) >= 11 is 5.96. The molecule has 0 unspecified atom stereocenters. The quantitative estimate of drug-likeness (QED) is 0.871. The first-order valence-electron chi connectivity index (χ1n) is 5.65. The van der Waals surface area contributed by atoms with Gasteiger partial charge in [-0.25, -0.2) is 9.97 Å². The lowest BCUT2D eigenvalue weighted by molar-refractivity contribution is 0.281. The lowest BCUT2D eigenvalue weighted by atomic mass is 10.2. The van der Waals surface area contributed by atoms with Gasteiger partial charge in [0.15, 0.2) is 0 Å². The Bertz CT molecular complexity index is 578. The van der Waals surface area contributed by atoms with Crippen LogP contribution in [0.2, 0.25) is 5.15 Å². The van der Waals surface area contributed by atoms with E-state index in [2.05, 4.69) is 9.97 Å². The van der Waals surface area contributed by atoms with Crippen LogP contribution in [0, 0.1) is 0 Å². The largest absolute Gasteiger partial charge is 0.497 e. The fourth-order valence-corrected chi connectivity index (χ4v) is 1.94. The Balaban J connectivity index is 2.43. The Morgan fingerprint density at radius 1 is 1.37 bits per heavy atom. The lowest BCUT2D eigenvalue weighted by Gasteiger charge is -2.21. The van der Waals surface area contributed by atoms with Crippen molar-refractivity contribution in [2.75, 3.05) is 19.1 Å². The summed E-state index contributed by atoms with van der Waals surface area (Å²) in [6.07, 6.45) is 1.37. The number of rotatable bonds is 4. The molecule has 0 amide bonds. The first-order valence-corrected chi connectivity index (χ1v) is 6.03. The summed E-state index contributed by atoms with van der Waals surface area (Å²) in [4.78, 5) is 9.86. The van der Waals surface area contributed by atoms with Crippen LogP contribution in [0.4, 0.5) is 11.5 Å². The topological polar surface area (TPSA) is 58.5 Å². The van der Waals surface area contributed by atoms with Crippen LogP contribution in [0.3, 0.4) is 0 Å². The van der Waals surface area contributed by atoms with Gasteiger partial charge in [-0.15, -0.1) is 0 Å². The number of hydrogen-bond donors (Lipinski definition) is 1. The molecule has 0 spiro atoms. The number of ether oxygens (including phenoxy) is 1. The third-order valence-electron chi connectivity index (χ3n) is 2.79. The number of aliphatic hydroxyl groups is 1. The molecule has 1 N–H and O–H groups in total. The van der Waals surface area contributed by atoms with E-state index in [0.717, 1.165) is 11.4 Å². The number of methoxy groups -OCH3 is 1. The Hall–Kier alpha value is -1.85. The first kappa shape index (κ1) is 13.6. The van der Waals surface area contributed by atoms with Gasteiger partial charge >= 0.3 is 0 Å². The van der Waals surface area contributed by atoms with Crippen molar-refractivity contribution in [2.45, 2.75) is 6.61 Å². The summed E-state index contributed by atoms with van der Waals surface area (Å²) in [5, 5.41) is 9.63. The van der Waals surface area contributed by atoms with Crippen molar-refractivity contribution in [3.05, 3.63) is 41.3 Å². The molecule has 0 aliphatic rings. The van der Waals surface area contributed by atoms with E-state index >= 15 is 0 Å². The van der Waals surface area contributed by atoms with E-state index < -0.39 is 0 Å². The highest BCUT2D eigenvalue weighted by Gasteiger charge is 2.14. The van der Waals surface area contributed by atoms with Gasteiger partial charge in [-0.3, -0.25) is 0 Å². The molecule has 2 aromatic rings. The fourth-order valence-electron chi connectivity index (χ4n) is 1.75. The first-order chi connectivity index (χ1) is 9.17. The van der Waals surface area contributed by atoms with E-state index in [1.165, 1.54) is 6.33 Å². The number of aliphatic hydroxyl groups excluding tert-OH is 1. The molecule has 0 fully saturated rings. The van der Waals surface area contributed by atoms with E-state index in [1.807, 2.05) is 36.2 Å². The second-order valence-corrected chi connectivity index (χ2v) is 4.24. The highest BCUT2D eigenvalue weighted by Crippen LogP contribution is 2.29. The van der Waals surface area contributed by atoms with Crippen molar-refractivity contribution in [2.24, 2.45) is 0 Å². The molecule has 0 atom stereocenters. The Kier molecular flexibility index (Phi) is 4.19. The van der Waals surface area contributed by atoms with Gasteiger partial charge in [0, 0.05) is 18.8 Å². The predicted molar refractivity (Wildman–Crippen MR) is 74.0 cm³/mol. The normalized spacial score (nSPS) is 10.3. The van der Waals surface area contributed by atoms with E-state index in [1.54, 1.807) is 7.11 Å². The van der Waals surface area contributed by atoms with Crippen molar-refractivity contribution >= 4 is 23.1 Å². The number of benzene rings is 1. The van der Waals surface area contributed by atoms with Crippen molar-refractivity contribution in [3.63, 3.8) is 0 Å². The zero-order chi connectivity index (χ0) is 13.8. The molecule has 5 nitrogen and oxygen atoms in total. The minimum atomic E-state index is -0.219. The molecule has 0 radical (unpaired) electrons. The average Bonchev–Trinajstić information content (AvgIpc) is 2.46. The van der Waals surface area contributed by atoms with Gasteiger partial charge in [0.25, 0.3) is 0 Å². The van der Waals surface area contributed by atoms with Gasteiger partial charge < -0.3 is 14.7 Å². The zero-order valence-electron chi connectivity index (χ0n) is 10.7. The van der Waals surface area contributed by atoms with Gasteiger partial charge in [0.05, 0.1) is 19.3 Å². The Morgan fingerprint density at radius 3 is 2.84 bits per heavy atom. The molecular formula is C13H14ClN3O2. The number of aromatic nitrogens is 2. The highest BCUT2D eigenvalue weighted by molar-refractivity contribution is 6.30. The monoisotopic (exact) mass is 279 g/mol. The molecule has 19 heavy (non-hydrogen) atoms. The maximum atomic E-state index is 9.38. The van der Waals surface area contributed by atoms with E-state index in [-0.39, 0.29) is 11.8 Å². The maximum absolute atomic E-state index is 9.38. The molecule has 100 valence electrons. The van der Waals surface area contributed by atoms with Crippen molar-refractivity contribution < 1.29 is 9.84 Å². The molecule has 1 aromatic heterocycles. The fraction of sp³-hybridized carbons (Fsp3) is 0.231. The molecule has 1 heterocycles. The number of hydrogen-bond acceptors (Lipinski definition) is 5. The standard InChI is InChI=1S/C13H14ClN3O2/c1-17(9-4-3-5-10(6-9)19-2)13-11(7-18)12(14)15-8-16-13/h3-6,8,18H,7H2,1-2H3. The lowest BCUT2D eigenvalue weighted by Crippen LogP contribution is -2.14. The van der Waals surface area contributed by atoms with E-state index in [0.29, 0.717) is 11.4 Å². The average molecular weight is 280 g/mol. The minimum Gasteiger partial charge on any atom is -0.497 e. The summed E-state index contributed by atoms with van der Waals surface area (Å²) in [6, 6.07) is 7.53. The van der Waals surface area contributed by atoms with Crippen molar-refractivity contribution in [1.29, 1.82) is 0 Å². The molecule has 6 heteroatoms. The van der Waals surface area contributed by atoms with Gasteiger partial charge in [0.2, 0.25) is 0 Å². The van der Waals surface area contributed by atoms with Crippen LogP contribution in [0.25, 0.3) is 0 Å². The summed E-state index contributed by atoms with van der Waals surface area (Å²) in [6.45, 7) is -0.219. The summed E-state index contributed by atoms with van der Waals surface area (Å²) in [7, 11) is 3.45. The Morgan fingerprint density at radius 2 is 2.16 bits per heavy atom. The van der Waals surface area contributed by atoms with Crippen molar-refractivity contribution in [3.8, 4) is 5.75 Å². The van der Waals surface area contributed by atoms with Gasteiger partial charge in [-0.05, 0) is 12.1 Å². The Labute approximate surface area is 116 Å². The van der Waals surface area contributed by atoms with Crippen LogP contribution in [0.5, 0.6) is 5.75 Å². The number of halogens is 1. The van der Waals surface area contributed by atoms with Crippen LogP contribution in [-0.4, -0.2) is 29.2 Å². The molecule has 0 bridgehead atoms.